The van der Waals surface area contributed by atoms with E-state index in [0.717, 1.165) is 10.7 Å². The maximum atomic E-state index is 11.2. The van der Waals surface area contributed by atoms with Gasteiger partial charge in [-0.15, -0.1) is 0 Å². The zero-order valence-electron chi connectivity index (χ0n) is 8.39. The lowest BCUT2D eigenvalue weighted by Gasteiger charge is -1.91. The summed E-state index contributed by atoms with van der Waals surface area (Å²) in [6, 6.07) is 0. The number of carbonyl (C=O) groups excluding carboxylic acids is 1. The van der Waals surface area contributed by atoms with Crippen molar-refractivity contribution in [3.63, 3.8) is 0 Å². The molecule has 2 heterocycles. The second-order valence-corrected chi connectivity index (χ2v) is 3.95. The van der Waals surface area contributed by atoms with Crippen molar-refractivity contribution in [2.45, 2.75) is 6.61 Å². The van der Waals surface area contributed by atoms with Crippen molar-refractivity contribution in [3.8, 4) is 0 Å². The molecule has 6 heteroatoms. The Kier molecular flexibility index (Phi) is 2.70. The van der Waals surface area contributed by atoms with Gasteiger partial charge in [0.1, 0.15) is 4.88 Å². The predicted octanol–water partition coefficient (Wildman–Crippen LogP) is 1.33. The highest BCUT2D eigenvalue weighted by Gasteiger charge is 2.12. The topological polar surface area (TPSA) is 52.8 Å². The van der Waals surface area contributed by atoms with Gasteiger partial charge in [-0.2, -0.15) is 0 Å². The van der Waals surface area contributed by atoms with Gasteiger partial charge in [0.2, 0.25) is 0 Å². The normalized spacial score (nSPS) is 10.8. The maximum Gasteiger partial charge on any atom is 0.349 e. The number of ether oxygens (including phenoxy) is 2. The molecule has 0 fully saturated rings. The average molecular weight is 226 g/mol. The monoisotopic (exact) mass is 226 g/mol. The second kappa shape index (κ2) is 4.00. The van der Waals surface area contributed by atoms with Crippen molar-refractivity contribution in [3.05, 3.63) is 23.0 Å². The Morgan fingerprint density at radius 3 is 2.93 bits per heavy atom. The standard InChI is InChI=1S/C9H10N2O3S/c1-13-5-6-3-11-4-7(8(12)14-2)15-9(11)10-6/h3-4H,5H2,1-2H3. The van der Waals surface area contributed by atoms with Crippen molar-refractivity contribution in [2.75, 3.05) is 14.2 Å². The fraction of sp³-hybridized carbons (Fsp3) is 0.333. The first kappa shape index (κ1) is 10.1. The van der Waals surface area contributed by atoms with Gasteiger partial charge in [-0.3, -0.25) is 4.40 Å². The molecule has 2 aromatic rings. The summed E-state index contributed by atoms with van der Waals surface area (Å²) in [4.78, 5) is 16.8. The quantitative estimate of drug-likeness (QED) is 0.741. The smallest absolute Gasteiger partial charge is 0.349 e. The van der Waals surface area contributed by atoms with Gasteiger partial charge >= 0.3 is 5.97 Å². The molecule has 0 saturated carbocycles. The Labute approximate surface area is 90.3 Å². The summed E-state index contributed by atoms with van der Waals surface area (Å²) in [7, 11) is 2.98. The summed E-state index contributed by atoms with van der Waals surface area (Å²) in [5.74, 6) is -0.334. The molecule has 0 aliphatic rings. The first-order valence-corrected chi connectivity index (χ1v) is 5.11. The average Bonchev–Trinajstić information content (AvgIpc) is 2.74. The van der Waals surface area contributed by atoms with E-state index in [1.54, 1.807) is 17.7 Å². The number of aromatic nitrogens is 2. The number of methoxy groups -OCH3 is 2. The first-order chi connectivity index (χ1) is 7.24. The van der Waals surface area contributed by atoms with Gasteiger partial charge < -0.3 is 9.47 Å². The molecule has 80 valence electrons. The largest absolute Gasteiger partial charge is 0.465 e. The van der Waals surface area contributed by atoms with E-state index in [2.05, 4.69) is 9.72 Å². The van der Waals surface area contributed by atoms with E-state index < -0.39 is 0 Å². The molecule has 0 aliphatic heterocycles. The van der Waals surface area contributed by atoms with Crippen molar-refractivity contribution < 1.29 is 14.3 Å². The Morgan fingerprint density at radius 2 is 2.33 bits per heavy atom. The molecule has 0 radical (unpaired) electrons. The molecule has 0 amide bonds. The zero-order valence-corrected chi connectivity index (χ0v) is 9.21. The molecule has 0 aromatic carbocycles. The molecule has 2 rings (SSSR count). The zero-order chi connectivity index (χ0) is 10.8. The third-order valence-corrected chi connectivity index (χ3v) is 2.86. The van der Waals surface area contributed by atoms with Crippen LogP contribution in [0.2, 0.25) is 0 Å². The van der Waals surface area contributed by atoms with E-state index in [1.807, 2.05) is 6.20 Å². The minimum atomic E-state index is -0.334. The predicted molar refractivity (Wildman–Crippen MR) is 55.1 cm³/mol. The fourth-order valence-corrected chi connectivity index (χ4v) is 2.16. The second-order valence-electron chi connectivity index (χ2n) is 2.94. The molecule has 0 N–H and O–H groups in total. The van der Waals surface area contributed by atoms with E-state index in [-0.39, 0.29) is 5.97 Å². The molecule has 0 aliphatic carbocycles. The number of nitrogens with zero attached hydrogens (tertiary/aromatic N) is 2. The third-order valence-electron chi connectivity index (χ3n) is 1.88. The summed E-state index contributed by atoms with van der Waals surface area (Å²) in [5, 5.41) is 0. The van der Waals surface area contributed by atoms with Gasteiger partial charge in [0.05, 0.1) is 19.4 Å². The van der Waals surface area contributed by atoms with Crippen LogP contribution in [-0.4, -0.2) is 29.6 Å². The highest BCUT2D eigenvalue weighted by atomic mass is 32.1. The summed E-state index contributed by atoms with van der Waals surface area (Å²) >= 11 is 1.30. The number of imidazole rings is 1. The van der Waals surface area contributed by atoms with Crippen LogP contribution in [0.15, 0.2) is 12.4 Å². The van der Waals surface area contributed by atoms with Crippen LogP contribution >= 0.6 is 11.3 Å². The minimum Gasteiger partial charge on any atom is -0.465 e. The number of fused-ring (bicyclic) bond motifs is 1. The van der Waals surface area contributed by atoms with Crippen LogP contribution < -0.4 is 0 Å². The van der Waals surface area contributed by atoms with E-state index in [4.69, 9.17) is 4.74 Å². The van der Waals surface area contributed by atoms with Gasteiger partial charge in [-0.25, -0.2) is 9.78 Å². The molecule has 0 atom stereocenters. The van der Waals surface area contributed by atoms with Crippen molar-refractivity contribution in [1.29, 1.82) is 0 Å². The van der Waals surface area contributed by atoms with Gasteiger partial charge in [-0.05, 0) is 0 Å². The maximum absolute atomic E-state index is 11.2. The van der Waals surface area contributed by atoms with Gasteiger partial charge in [-0.1, -0.05) is 11.3 Å². The Hall–Kier alpha value is -1.40. The van der Waals surface area contributed by atoms with Crippen LogP contribution in [0.4, 0.5) is 0 Å². The van der Waals surface area contributed by atoms with Crippen molar-refractivity contribution in [2.24, 2.45) is 0 Å². The van der Waals surface area contributed by atoms with Crippen molar-refractivity contribution in [1.82, 2.24) is 9.38 Å². The lowest BCUT2D eigenvalue weighted by molar-refractivity contribution is 0.0606. The highest BCUT2D eigenvalue weighted by Crippen LogP contribution is 2.18. The molecule has 2 aromatic heterocycles. The van der Waals surface area contributed by atoms with E-state index in [1.165, 1.54) is 18.4 Å². The lowest BCUT2D eigenvalue weighted by atomic mass is 10.5. The van der Waals surface area contributed by atoms with Gasteiger partial charge in [0.15, 0.2) is 4.96 Å². The minimum absolute atomic E-state index is 0.334. The van der Waals surface area contributed by atoms with E-state index >= 15 is 0 Å². The van der Waals surface area contributed by atoms with E-state index in [0.29, 0.717) is 11.5 Å². The molecule has 0 saturated heterocycles. The molecule has 15 heavy (non-hydrogen) atoms. The van der Waals surface area contributed by atoms with Crippen LogP contribution in [0.3, 0.4) is 0 Å². The summed E-state index contributed by atoms with van der Waals surface area (Å²) < 4.78 is 11.4. The van der Waals surface area contributed by atoms with Gasteiger partial charge in [0, 0.05) is 19.5 Å². The number of esters is 1. The van der Waals surface area contributed by atoms with Crippen LogP contribution in [0, 0.1) is 0 Å². The summed E-state index contributed by atoms with van der Waals surface area (Å²) in [6.07, 6.45) is 3.54. The Balaban J connectivity index is 2.34. The number of hydrogen-bond donors (Lipinski definition) is 0. The molecular formula is C9H10N2O3S. The molecule has 5 nitrogen and oxygen atoms in total. The SMILES string of the molecule is COCc1cn2cc(C(=O)OC)sc2n1. The highest BCUT2D eigenvalue weighted by molar-refractivity contribution is 7.18. The molecule has 0 unspecified atom stereocenters. The lowest BCUT2D eigenvalue weighted by Crippen LogP contribution is -1.97. The Morgan fingerprint density at radius 1 is 1.53 bits per heavy atom. The van der Waals surface area contributed by atoms with Crippen LogP contribution in [0.5, 0.6) is 0 Å². The molecule has 0 spiro atoms. The van der Waals surface area contributed by atoms with Crippen LogP contribution in [-0.2, 0) is 16.1 Å². The van der Waals surface area contributed by atoms with Gasteiger partial charge in [0.25, 0.3) is 0 Å². The van der Waals surface area contributed by atoms with Crippen LogP contribution in [0.25, 0.3) is 4.96 Å². The van der Waals surface area contributed by atoms with Crippen LogP contribution in [0.1, 0.15) is 15.4 Å². The number of carbonyl (C=O) groups is 1. The fourth-order valence-electron chi connectivity index (χ4n) is 1.26. The molecule has 0 bridgehead atoms. The molecular weight excluding hydrogens is 216 g/mol. The first-order valence-electron chi connectivity index (χ1n) is 4.29. The number of hydrogen-bond acceptors (Lipinski definition) is 5. The van der Waals surface area contributed by atoms with Crippen molar-refractivity contribution >= 4 is 22.3 Å². The summed E-state index contributed by atoms with van der Waals surface area (Å²) in [5.41, 5.74) is 0.847. The third kappa shape index (κ3) is 1.86. The number of thiazole rings is 1. The number of rotatable bonds is 3. The Bertz CT molecular complexity index is 457. The van der Waals surface area contributed by atoms with E-state index in [9.17, 15) is 4.79 Å². The summed E-state index contributed by atoms with van der Waals surface area (Å²) in [6.45, 7) is 0.474.